The zero-order valence-electron chi connectivity index (χ0n) is 24.8. The van der Waals surface area contributed by atoms with Gasteiger partial charge in [0.15, 0.2) is 0 Å². The monoisotopic (exact) mass is 527 g/mol. The summed E-state index contributed by atoms with van der Waals surface area (Å²) in [5, 5.41) is 23.3. The Bertz CT molecular complexity index is 1010. The van der Waals surface area contributed by atoms with Crippen LogP contribution >= 0.6 is 0 Å². The topological polar surface area (TPSA) is 70.0 Å². The van der Waals surface area contributed by atoms with E-state index in [1.807, 2.05) is 0 Å². The fourth-order valence-corrected chi connectivity index (χ4v) is 13.0. The molecule has 7 fully saturated rings. The van der Waals surface area contributed by atoms with Crippen LogP contribution in [0.15, 0.2) is 0 Å². The quantitative estimate of drug-likeness (QED) is 0.504. The predicted octanol–water partition coefficient (Wildman–Crippen LogP) is 5.56. The molecular weight excluding hydrogens is 474 g/mol. The van der Waals surface area contributed by atoms with E-state index in [9.17, 15) is 15.0 Å². The number of hydrogen-bond donors (Lipinski definition) is 2. The zero-order chi connectivity index (χ0) is 27.0. The molecule has 5 nitrogen and oxygen atoms in total. The Labute approximate surface area is 230 Å². The van der Waals surface area contributed by atoms with E-state index in [1.165, 1.54) is 44.9 Å². The molecule has 7 rings (SSSR count). The number of rotatable bonds is 3. The molecule has 6 saturated carbocycles. The molecule has 1 saturated heterocycles. The maximum Gasteiger partial charge on any atom is 0.219 e. The summed E-state index contributed by atoms with van der Waals surface area (Å²) in [6.45, 7) is 14.4. The highest BCUT2D eigenvalue weighted by Gasteiger charge is 2.84. The summed E-state index contributed by atoms with van der Waals surface area (Å²) in [6.07, 6.45) is 12.0. The Morgan fingerprint density at radius 3 is 2.29 bits per heavy atom. The van der Waals surface area contributed by atoms with Crippen LogP contribution in [0.25, 0.3) is 0 Å². The maximum absolute atomic E-state index is 12.5. The number of carbonyl (C=O) groups excluding carboxylic acids is 1. The van der Waals surface area contributed by atoms with Gasteiger partial charge in [-0.05, 0) is 116 Å². The van der Waals surface area contributed by atoms with Crippen LogP contribution in [-0.4, -0.2) is 58.0 Å². The first-order chi connectivity index (χ1) is 17.8. The average Bonchev–Trinajstić information content (AvgIpc) is 3.45. The third-order valence-corrected chi connectivity index (χ3v) is 15.2. The van der Waals surface area contributed by atoms with Crippen LogP contribution in [-0.2, 0) is 9.53 Å². The number of nitrogens with zero attached hydrogens (tertiary/aromatic N) is 1. The number of amides is 1. The van der Waals surface area contributed by atoms with Crippen LogP contribution in [0.2, 0.25) is 0 Å². The summed E-state index contributed by atoms with van der Waals surface area (Å²) < 4.78 is 6.92. The lowest BCUT2D eigenvalue weighted by atomic mass is 9.41. The van der Waals surface area contributed by atoms with E-state index in [1.54, 1.807) is 6.92 Å². The molecule has 12 atom stereocenters. The van der Waals surface area contributed by atoms with E-state index in [0.29, 0.717) is 47.1 Å². The minimum Gasteiger partial charge on any atom is -0.393 e. The summed E-state index contributed by atoms with van der Waals surface area (Å²) >= 11 is 0. The minimum absolute atomic E-state index is 0.00940. The Hall–Kier alpha value is -0.650. The average molecular weight is 528 g/mol. The number of carbonyl (C=O) groups is 1. The van der Waals surface area contributed by atoms with E-state index in [4.69, 9.17) is 4.74 Å². The number of fused-ring (bicyclic) bond motifs is 4. The fraction of sp³-hybridized carbons (Fsp3) is 0.970. The first kappa shape index (κ1) is 26.3. The first-order valence-electron chi connectivity index (χ1n) is 16.1. The molecule has 5 heteroatoms. The molecule has 1 aliphatic heterocycles. The van der Waals surface area contributed by atoms with Gasteiger partial charge in [0, 0.05) is 24.9 Å². The SMILES string of the molecule is CC(=O)N(CC1CC(C)C2C(O1)C(O)C1(C)C3CCC4C(C)(C)C(O)CCC45CC35CCC21C)C1CCC1. The number of aliphatic hydroxyl groups excluding tert-OH is 2. The van der Waals surface area contributed by atoms with Crippen molar-refractivity contribution in [3.63, 3.8) is 0 Å². The molecule has 0 bridgehead atoms. The van der Waals surface area contributed by atoms with Crippen molar-refractivity contribution in [2.45, 2.75) is 143 Å². The Balaban J connectivity index is 1.19. The third-order valence-electron chi connectivity index (χ3n) is 15.2. The van der Waals surface area contributed by atoms with Gasteiger partial charge in [-0.25, -0.2) is 0 Å². The molecule has 0 aromatic heterocycles. The van der Waals surface area contributed by atoms with Crippen molar-refractivity contribution in [3.05, 3.63) is 0 Å². The first-order valence-corrected chi connectivity index (χ1v) is 16.1. The van der Waals surface area contributed by atoms with Gasteiger partial charge in [0.1, 0.15) is 0 Å². The Morgan fingerprint density at radius 2 is 1.63 bits per heavy atom. The van der Waals surface area contributed by atoms with Crippen molar-refractivity contribution < 1.29 is 19.7 Å². The minimum atomic E-state index is -0.448. The standard InChI is InChI=1S/C33H53NO4/c1-19-16-22(17-34(20(2)35)21-8-7-9-21)38-27-26(19)30(5)14-15-33-18-32(33)13-12-25(36)29(3,4)23(32)10-11-24(33)31(30,6)28(27)37/h19,21-28,36-37H,7-18H2,1-6H3. The van der Waals surface area contributed by atoms with Crippen LogP contribution in [0.4, 0.5) is 0 Å². The lowest BCUT2D eigenvalue weighted by Crippen LogP contribution is -2.59. The summed E-state index contributed by atoms with van der Waals surface area (Å²) in [7, 11) is 0. The van der Waals surface area contributed by atoms with Gasteiger partial charge in [-0.15, -0.1) is 0 Å². The number of hydrogen-bond acceptors (Lipinski definition) is 4. The summed E-state index contributed by atoms with van der Waals surface area (Å²) in [5.74, 6) is 2.17. The van der Waals surface area contributed by atoms with Crippen LogP contribution in [0.3, 0.4) is 0 Å². The number of ether oxygens (including phenoxy) is 1. The second kappa shape index (κ2) is 8.00. The molecule has 38 heavy (non-hydrogen) atoms. The smallest absolute Gasteiger partial charge is 0.219 e. The van der Waals surface area contributed by atoms with E-state index in [-0.39, 0.29) is 40.5 Å². The zero-order valence-corrected chi connectivity index (χ0v) is 24.8. The molecule has 2 spiro atoms. The van der Waals surface area contributed by atoms with Crippen molar-refractivity contribution in [1.82, 2.24) is 4.90 Å². The van der Waals surface area contributed by atoms with Crippen LogP contribution in [0.1, 0.15) is 112 Å². The van der Waals surface area contributed by atoms with Gasteiger partial charge in [0.2, 0.25) is 5.91 Å². The van der Waals surface area contributed by atoms with E-state index >= 15 is 0 Å². The van der Waals surface area contributed by atoms with Crippen molar-refractivity contribution in [2.75, 3.05) is 6.54 Å². The van der Waals surface area contributed by atoms with Gasteiger partial charge < -0.3 is 19.8 Å². The molecule has 1 amide bonds. The highest BCUT2D eigenvalue weighted by molar-refractivity contribution is 5.73. The molecule has 12 unspecified atom stereocenters. The van der Waals surface area contributed by atoms with E-state index in [0.717, 1.165) is 25.7 Å². The summed E-state index contributed by atoms with van der Waals surface area (Å²) in [4.78, 5) is 14.6. The summed E-state index contributed by atoms with van der Waals surface area (Å²) in [6, 6.07) is 0.384. The van der Waals surface area contributed by atoms with Crippen molar-refractivity contribution in [2.24, 2.45) is 50.7 Å². The van der Waals surface area contributed by atoms with Crippen LogP contribution in [0, 0.1) is 50.7 Å². The molecule has 7 aliphatic rings. The van der Waals surface area contributed by atoms with Gasteiger partial charge in [-0.1, -0.05) is 34.6 Å². The summed E-state index contributed by atoms with van der Waals surface area (Å²) in [5.41, 5.74) is 0.633. The van der Waals surface area contributed by atoms with E-state index < -0.39 is 6.10 Å². The van der Waals surface area contributed by atoms with Gasteiger partial charge in [0.25, 0.3) is 0 Å². The Morgan fingerprint density at radius 1 is 0.947 bits per heavy atom. The van der Waals surface area contributed by atoms with Gasteiger partial charge in [0.05, 0.1) is 24.4 Å². The highest BCUT2D eigenvalue weighted by atomic mass is 16.5. The second-order valence-electron chi connectivity index (χ2n) is 16.4. The van der Waals surface area contributed by atoms with Crippen molar-refractivity contribution >= 4 is 5.91 Å². The predicted molar refractivity (Wildman–Crippen MR) is 147 cm³/mol. The van der Waals surface area contributed by atoms with Gasteiger partial charge in [-0.2, -0.15) is 0 Å². The maximum atomic E-state index is 12.5. The van der Waals surface area contributed by atoms with Gasteiger partial charge in [-0.3, -0.25) is 4.79 Å². The largest absolute Gasteiger partial charge is 0.393 e. The third kappa shape index (κ3) is 2.93. The molecule has 0 radical (unpaired) electrons. The number of aliphatic hydroxyl groups is 2. The van der Waals surface area contributed by atoms with Crippen LogP contribution < -0.4 is 0 Å². The van der Waals surface area contributed by atoms with E-state index in [2.05, 4.69) is 39.5 Å². The molecule has 1 heterocycles. The van der Waals surface area contributed by atoms with Crippen LogP contribution in [0.5, 0.6) is 0 Å². The second-order valence-corrected chi connectivity index (χ2v) is 16.4. The normalized spacial score (nSPS) is 56.4. The van der Waals surface area contributed by atoms with Gasteiger partial charge >= 0.3 is 0 Å². The fourth-order valence-electron chi connectivity index (χ4n) is 13.0. The highest BCUT2D eigenvalue weighted by Crippen LogP contribution is 2.89. The lowest BCUT2D eigenvalue weighted by molar-refractivity contribution is -0.182. The van der Waals surface area contributed by atoms with Crippen molar-refractivity contribution in [3.8, 4) is 0 Å². The molecule has 2 N–H and O–H groups in total. The lowest BCUT2D eigenvalue weighted by Gasteiger charge is -2.63. The Kier molecular flexibility index (Phi) is 5.53. The molecule has 214 valence electrons. The molecular formula is C33H53NO4. The molecule has 0 aromatic carbocycles. The molecule has 6 aliphatic carbocycles. The van der Waals surface area contributed by atoms with Crippen molar-refractivity contribution in [1.29, 1.82) is 0 Å². The molecule has 0 aromatic rings.